The second-order valence-electron chi connectivity index (χ2n) is 5.47. The molecule has 2 rings (SSSR count). The highest BCUT2D eigenvalue weighted by atomic mass is 15.1. The molecule has 0 aliphatic carbocycles. The zero-order valence-corrected chi connectivity index (χ0v) is 12.7. The molecule has 0 aromatic heterocycles. The maximum Gasteiger partial charge on any atom is 0.0204 e. The van der Waals surface area contributed by atoms with E-state index in [-0.39, 0.29) is 0 Å². The molecule has 2 heteroatoms. The van der Waals surface area contributed by atoms with Crippen molar-refractivity contribution in [2.45, 2.75) is 52.9 Å². The van der Waals surface area contributed by atoms with Crippen molar-refractivity contribution in [3.8, 4) is 0 Å². The second kappa shape index (κ2) is 8.58. The fraction of sp³-hybridized carbons (Fsp3) is 0.875. The Hall–Kier alpha value is -0.500. The van der Waals surface area contributed by atoms with Crippen LogP contribution in [0.15, 0.2) is 12.3 Å². The molecular formula is C16H32N2. The van der Waals surface area contributed by atoms with Crippen molar-refractivity contribution in [2.75, 3.05) is 26.2 Å². The number of piperidine rings is 2. The van der Waals surface area contributed by atoms with Crippen molar-refractivity contribution in [2.24, 2.45) is 11.8 Å². The minimum absolute atomic E-state index is 0.899. The Bertz CT molecular complexity index is 231. The summed E-state index contributed by atoms with van der Waals surface area (Å²) < 4.78 is 0. The molecule has 1 atom stereocenters. The van der Waals surface area contributed by atoms with E-state index in [0.29, 0.717) is 0 Å². The van der Waals surface area contributed by atoms with Crippen LogP contribution in [0.2, 0.25) is 0 Å². The van der Waals surface area contributed by atoms with Gasteiger partial charge in [-0.05, 0) is 50.6 Å². The van der Waals surface area contributed by atoms with Gasteiger partial charge in [0.15, 0.2) is 0 Å². The lowest BCUT2D eigenvalue weighted by Crippen LogP contribution is -2.38. The Morgan fingerprint density at radius 2 is 1.83 bits per heavy atom. The third-order valence-electron chi connectivity index (χ3n) is 4.29. The largest absolute Gasteiger partial charge is 0.375 e. The lowest BCUT2D eigenvalue weighted by molar-refractivity contribution is 0.192. The van der Waals surface area contributed by atoms with E-state index >= 15 is 0 Å². The molecule has 0 aromatic carbocycles. The lowest BCUT2D eigenvalue weighted by atomic mass is 9.90. The Labute approximate surface area is 114 Å². The summed E-state index contributed by atoms with van der Waals surface area (Å²) in [6.07, 6.45) is 6.63. The van der Waals surface area contributed by atoms with Gasteiger partial charge < -0.3 is 10.2 Å². The van der Waals surface area contributed by atoms with Gasteiger partial charge in [-0.2, -0.15) is 0 Å². The lowest BCUT2D eigenvalue weighted by Gasteiger charge is -2.38. The van der Waals surface area contributed by atoms with Crippen LogP contribution < -0.4 is 5.32 Å². The molecule has 0 radical (unpaired) electrons. The summed E-state index contributed by atoms with van der Waals surface area (Å²) in [4.78, 5) is 2.56. The Morgan fingerprint density at radius 3 is 2.39 bits per heavy atom. The predicted octanol–water partition coefficient (Wildman–Crippen LogP) is 3.65. The normalized spacial score (nSPS) is 25.6. The van der Waals surface area contributed by atoms with Gasteiger partial charge >= 0.3 is 0 Å². The highest BCUT2D eigenvalue weighted by molar-refractivity contribution is 5.00. The zero-order chi connectivity index (χ0) is 13.4. The summed E-state index contributed by atoms with van der Waals surface area (Å²) in [6.45, 7) is 15.5. The topological polar surface area (TPSA) is 15.3 Å². The minimum Gasteiger partial charge on any atom is -0.375 e. The molecule has 0 amide bonds. The molecule has 2 aliphatic heterocycles. The molecule has 2 heterocycles. The van der Waals surface area contributed by atoms with Crippen molar-refractivity contribution < 1.29 is 0 Å². The highest BCUT2D eigenvalue weighted by Gasteiger charge is 2.23. The first kappa shape index (κ1) is 15.6. The predicted molar refractivity (Wildman–Crippen MR) is 80.7 cm³/mol. The van der Waals surface area contributed by atoms with E-state index in [4.69, 9.17) is 0 Å². The number of nitrogens with one attached hydrogen (secondary N) is 1. The first-order valence-corrected chi connectivity index (χ1v) is 7.93. The fourth-order valence-corrected chi connectivity index (χ4v) is 3.01. The van der Waals surface area contributed by atoms with Crippen LogP contribution in [0.4, 0.5) is 0 Å². The van der Waals surface area contributed by atoms with Crippen molar-refractivity contribution in [1.82, 2.24) is 10.2 Å². The van der Waals surface area contributed by atoms with E-state index in [1.54, 1.807) is 0 Å². The number of allylic oxidation sites excluding steroid dienone is 1. The molecule has 18 heavy (non-hydrogen) atoms. The second-order valence-corrected chi connectivity index (χ2v) is 5.47. The van der Waals surface area contributed by atoms with E-state index in [0.717, 1.165) is 11.8 Å². The van der Waals surface area contributed by atoms with Gasteiger partial charge in [-0.15, -0.1) is 0 Å². The molecule has 106 valence electrons. The molecule has 0 saturated carbocycles. The standard InChI is InChI=1S/C14H26N2.C2H6/c1-3-13-6-9-16(12(2)10-13)11-14-4-7-15-8-5-14;1-2/h13-15H,2-11H2,1H3;1-2H3. The van der Waals surface area contributed by atoms with Crippen molar-refractivity contribution in [3.63, 3.8) is 0 Å². The number of hydrogen-bond acceptors (Lipinski definition) is 2. The molecule has 2 saturated heterocycles. The molecule has 0 spiro atoms. The van der Waals surface area contributed by atoms with Crippen LogP contribution in [0.25, 0.3) is 0 Å². The summed E-state index contributed by atoms with van der Waals surface area (Å²) in [5.74, 6) is 1.80. The summed E-state index contributed by atoms with van der Waals surface area (Å²) in [7, 11) is 0. The van der Waals surface area contributed by atoms with Gasteiger partial charge in [0.1, 0.15) is 0 Å². The van der Waals surface area contributed by atoms with E-state index in [2.05, 4.69) is 23.7 Å². The number of nitrogens with zero attached hydrogens (tertiary/aromatic N) is 1. The summed E-state index contributed by atoms with van der Waals surface area (Å²) in [5, 5.41) is 3.44. The van der Waals surface area contributed by atoms with Crippen molar-refractivity contribution in [3.05, 3.63) is 12.3 Å². The first-order valence-electron chi connectivity index (χ1n) is 7.93. The van der Waals surface area contributed by atoms with Gasteiger partial charge in [0.25, 0.3) is 0 Å². The Balaban J connectivity index is 0.000000771. The zero-order valence-electron chi connectivity index (χ0n) is 12.7. The monoisotopic (exact) mass is 252 g/mol. The van der Waals surface area contributed by atoms with Crippen LogP contribution in [0, 0.1) is 11.8 Å². The van der Waals surface area contributed by atoms with Gasteiger partial charge in [0.05, 0.1) is 0 Å². The Kier molecular flexibility index (Phi) is 7.41. The third-order valence-corrected chi connectivity index (χ3v) is 4.29. The number of likely N-dealkylation sites (tertiary alicyclic amines) is 1. The average Bonchev–Trinajstić information content (AvgIpc) is 2.44. The molecule has 0 aromatic rings. The molecular weight excluding hydrogens is 220 g/mol. The van der Waals surface area contributed by atoms with Gasteiger partial charge in [0.2, 0.25) is 0 Å². The molecule has 2 nitrogen and oxygen atoms in total. The molecule has 1 N–H and O–H groups in total. The van der Waals surface area contributed by atoms with Gasteiger partial charge in [0, 0.05) is 18.8 Å². The minimum atomic E-state index is 0.899. The van der Waals surface area contributed by atoms with E-state index in [1.807, 2.05) is 13.8 Å². The van der Waals surface area contributed by atoms with Gasteiger partial charge in [-0.25, -0.2) is 0 Å². The van der Waals surface area contributed by atoms with Gasteiger partial charge in [-0.1, -0.05) is 33.8 Å². The van der Waals surface area contributed by atoms with Crippen molar-refractivity contribution in [1.29, 1.82) is 0 Å². The number of rotatable bonds is 3. The van der Waals surface area contributed by atoms with Crippen LogP contribution in [0.5, 0.6) is 0 Å². The van der Waals surface area contributed by atoms with Crippen LogP contribution in [0.1, 0.15) is 52.9 Å². The fourth-order valence-electron chi connectivity index (χ4n) is 3.01. The van der Waals surface area contributed by atoms with E-state index < -0.39 is 0 Å². The van der Waals surface area contributed by atoms with Crippen LogP contribution in [-0.2, 0) is 0 Å². The average molecular weight is 252 g/mol. The summed E-state index contributed by atoms with van der Waals surface area (Å²) in [6, 6.07) is 0. The van der Waals surface area contributed by atoms with Gasteiger partial charge in [-0.3, -0.25) is 0 Å². The molecule has 2 aliphatic rings. The van der Waals surface area contributed by atoms with E-state index in [9.17, 15) is 0 Å². The number of hydrogen-bond donors (Lipinski definition) is 1. The summed E-state index contributed by atoms with van der Waals surface area (Å²) in [5.41, 5.74) is 1.40. The quantitative estimate of drug-likeness (QED) is 0.825. The Morgan fingerprint density at radius 1 is 1.17 bits per heavy atom. The van der Waals surface area contributed by atoms with Crippen molar-refractivity contribution >= 4 is 0 Å². The first-order chi connectivity index (χ1) is 8.79. The SMILES string of the molecule is C=C1CC(CC)CCN1CC1CCNCC1.CC. The van der Waals surface area contributed by atoms with E-state index in [1.165, 1.54) is 64.0 Å². The summed E-state index contributed by atoms with van der Waals surface area (Å²) >= 11 is 0. The maximum atomic E-state index is 4.27. The maximum absolute atomic E-state index is 4.27. The molecule has 0 bridgehead atoms. The highest BCUT2D eigenvalue weighted by Crippen LogP contribution is 2.28. The van der Waals surface area contributed by atoms with Crippen LogP contribution in [-0.4, -0.2) is 31.1 Å². The van der Waals surface area contributed by atoms with Crippen LogP contribution >= 0.6 is 0 Å². The molecule has 1 unspecified atom stereocenters. The smallest absolute Gasteiger partial charge is 0.0204 e. The molecule has 2 fully saturated rings. The third kappa shape index (κ3) is 4.64. The van der Waals surface area contributed by atoms with Crippen LogP contribution in [0.3, 0.4) is 0 Å².